The van der Waals surface area contributed by atoms with E-state index in [4.69, 9.17) is 4.74 Å². The second-order valence-corrected chi connectivity index (χ2v) is 7.88. The fourth-order valence-corrected chi connectivity index (χ4v) is 4.56. The van der Waals surface area contributed by atoms with Crippen molar-refractivity contribution < 1.29 is 9.53 Å². The number of fused-ring (bicyclic) bond motifs is 3. The van der Waals surface area contributed by atoms with Gasteiger partial charge in [0.25, 0.3) is 0 Å². The Morgan fingerprint density at radius 3 is 2.71 bits per heavy atom. The lowest BCUT2D eigenvalue weighted by atomic mass is 9.92. The van der Waals surface area contributed by atoms with E-state index in [1.165, 1.54) is 22.2 Å². The molecule has 1 aliphatic heterocycles. The molecule has 0 bridgehead atoms. The van der Waals surface area contributed by atoms with Gasteiger partial charge in [0.1, 0.15) is 5.75 Å². The quantitative estimate of drug-likeness (QED) is 0.498. The van der Waals surface area contributed by atoms with Crippen LogP contribution in [-0.2, 0) is 11.2 Å². The highest BCUT2D eigenvalue weighted by Gasteiger charge is 2.32. The molecule has 0 saturated heterocycles. The van der Waals surface area contributed by atoms with E-state index in [0.717, 1.165) is 29.9 Å². The number of benzene rings is 3. The average Bonchev–Trinajstić information content (AvgIpc) is 3.18. The number of hydrogen-bond acceptors (Lipinski definition) is 3. The zero-order valence-corrected chi connectivity index (χ0v) is 17.5. The molecule has 3 aromatic carbocycles. The number of rotatable bonds is 5. The Labute approximate surface area is 181 Å². The maximum Gasteiger partial charge on any atom is 0.238 e. The van der Waals surface area contributed by atoms with Gasteiger partial charge in [0.2, 0.25) is 5.91 Å². The number of amides is 1. The largest absolute Gasteiger partial charge is 0.497 e. The second kappa shape index (κ2) is 8.28. The van der Waals surface area contributed by atoms with Crippen molar-refractivity contribution in [3.05, 3.63) is 95.7 Å². The predicted octanol–water partition coefficient (Wildman–Crippen LogP) is 4.76. The SMILES string of the molecule is COc1cccc(NC(=O)CN2CCc3c([nH]c4ccccc34)C2c2ccccc2)c1. The zero-order valence-electron chi connectivity index (χ0n) is 17.5. The first-order chi connectivity index (χ1) is 15.2. The van der Waals surface area contributed by atoms with Gasteiger partial charge in [0.05, 0.1) is 19.7 Å². The van der Waals surface area contributed by atoms with Gasteiger partial charge in [0, 0.05) is 34.9 Å². The molecule has 0 fully saturated rings. The van der Waals surface area contributed by atoms with Crippen LogP contribution in [0.2, 0.25) is 0 Å². The third-order valence-electron chi connectivity index (χ3n) is 5.95. The number of anilines is 1. The number of hydrogen-bond donors (Lipinski definition) is 2. The first kappa shape index (κ1) is 19.4. The van der Waals surface area contributed by atoms with Crippen molar-refractivity contribution >= 4 is 22.5 Å². The number of para-hydroxylation sites is 1. The van der Waals surface area contributed by atoms with Gasteiger partial charge in [0.15, 0.2) is 0 Å². The van der Waals surface area contributed by atoms with E-state index in [9.17, 15) is 4.79 Å². The van der Waals surface area contributed by atoms with Crippen molar-refractivity contribution in [3.8, 4) is 5.75 Å². The van der Waals surface area contributed by atoms with Crippen LogP contribution in [-0.4, -0.2) is 36.0 Å². The molecule has 1 aliphatic rings. The van der Waals surface area contributed by atoms with Gasteiger partial charge >= 0.3 is 0 Å². The molecule has 0 saturated carbocycles. The predicted molar refractivity (Wildman–Crippen MR) is 123 cm³/mol. The first-order valence-corrected chi connectivity index (χ1v) is 10.6. The van der Waals surface area contributed by atoms with E-state index in [0.29, 0.717) is 6.54 Å². The fourth-order valence-electron chi connectivity index (χ4n) is 4.56. The standard InChI is InChI=1S/C26H25N3O2/c1-31-20-11-7-10-19(16-20)27-24(30)17-29-15-14-22-21-12-5-6-13-23(21)28-25(22)26(29)18-8-3-2-4-9-18/h2-13,16,26,28H,14-15,17H2,1H3,(H,27,30). The summed E-state index contributed by atoms with van der Waals surface area (Å²) in [5, 5.41) is 4.29. The van der Waals surface area contributed by atoms with E-state index in [1.54, 1.807) is 7.11 Å². The van der Waals surface area contributed by atoms with Crippen molar-refractivity contribution in [2.75, 3.05) is 25.5 Å². The maximum absolute atomic E-state index is 12.9. The summed E-state index contributed by atoms with van der Waals surface area (Å²) in [5.41, 5.74) is 5.62. The minimum absolute atomic E-state index is 0.00779. The van der Waals surface area contributed by atoms with Crippen LogP contribution < -0.4 is 10.1 Å². The lowest BCUT2D eigenvalue weighted by molar-refractivity contribution is -0.117. The van der Waals surface area contributed by atoms with Crippen LogP contribution in [0.25, 0.3) is 10.9 Å². The van der Waals surface area contributed by atoms with E-state index < -0.39 is 0 Å². The minimum Gasteiger partial charge on any atom is -0.497 e. The van der Waals surface area contributed by atoms with Crippen LogP contribution in [0.3, 0.4) is 0 Å². The summed E-state index contributed by atoms with van der Waals surface area (Å²) in [4.78, 5) is 18.8. The van der Waals surface area contributed by atoms with Crippen molar-refractivity contribution in [3.63, 3.8) is 0 Å². The van der Waals surface area contributed by atoms with Crippen molar-refractivity contribution in [2.45, 2.75) is 12.5 Å². The Morgan fingerprint density at radius 2 is 1.87 bits per heavy atom. The summed E-state index contributed by atoms with van der Waals surface area (Å²) in [6.07, 6.45) is 0.912. The number of carbonyl (C=O) groups is 1. The Morgan fingerprint density at radius 1 is 1.06 bits per heavy atom. The Hall–Kier alpha value is -3.57. The normalized spacial score (nSPS) is 16.1. The number of nitrogens with zero attached hydrogens (tertiary/aromatic N) is 1. The van der Waals surface area contributed by atoms with Crippen LogP contribution in [0.4, 0.5) is 5.69 Å². The lowest BCUT2D eigenvalue weighted by Gasteiger charge is -2.35. The summed E-state index contributed by atoms with van der Waals surface area (Å²) >= 11 is 0. The van der Waals surface area contributed by atoms with Crippen LogP contribution in [0.15, 0.2) is 78.9 Å². The van der Waals surface area contributed by atoms with Gasteiger partial charge in [-0.05, 0) is 35.7 Å². The number of carbonyl (C=O) groups excluding carboxylic acids is 1. The van der Waals surface area contributed by atoms with E-state index in [1.807, 2.05) is 30.3 Å². The molecular weight excluding hydrogens is 386 g/mol. The van der Waals surface area contributed by atoms with Crippen LogP contribution >= 0.6 is 0 Å². The number of aromatic nitrogens is 1. The summed E-state index contributed by atoms with van der Waals surface area (Å²) in [7, 11) is 1.62. The van der Waals surface area contributed by atoms with Crippen LogP contribution in [0.5, 0.6) is 5.75 Å². The minimum atomic E-state index is -0.0336. The van der Waals surface area contributed by atoms with Gasteiger partial charge in [-0.25, -0.2) is 0 Å². The maximum atomic E-state index is 12.9. The van der Waals surface area contributed by atoms with Gasteiger partial charge in [-0.1, -0.05) is 54.6 Å². The molecule has 0 aliphatic carbocycles. The summed E-state index contributed by atoms with van der Waals surface area (Å²) in [5.74, 6) is 0.689. The monoisotopic (exact) mass is 411 g/mol. The molecule has 31 heavy (non-hydrogen) atoms. The summed E-state index contributed by atoms with van der Waals surface area (Å²) in [6.45, 7) is 1.13. The fraction of sp³-hybridized carbons (Fsp3) is 0.192. The summed E-state index contributed by atoms with van der Waals surface area (Å²) in [6, 6.07) is 26.3. The third-order valence-corrected chi connectivity index (χ3v) is 5.95. The first-order valence-electron chi connectivity index (χ1n) is 10.6. The molecule has 5 rings (SSSR count). The molecule has 5 nitrogen and oxygen atoms in total. The molecule has 1 aromatic heterocycles. The highest BCUT2D eigenvalue weighted by atomic mass is 16.5. The molecule has 5 heteroatoms. The smallest absolute Gasteiger partial charge is 0.238 e. The third kappa shape index (κ3) is 3.80. The van der Waals surface area contributed by atoms with Gasteiger partial charge in [-0.3, -0.25) is 9.69 Å². The molecule has 1 unspecified atom stereocenters. The number of aromatic amines is 1. The van der Waals surface area contributed by atoms with Crippen molar-refractivity contribution in [1.82, 2.24) is 9.88 Å². The van der Waals surface area contributed by atoms with Gasteiger partial charge in [-0.15, -0.1) is 0 Å². The number of nitrogens with one attached hydrogen (secondary N) is 2. The number of ether oxygens (including phenoxy) is 1. The molecule has 156 valence electrons. The molecule has 1 atom stereocenters. The second-order valence-electron chi connectivity index (χ2n) is 7.88. The van der Waals surface area contributed by atoms with Crippen LogP contribution in [0.1, 0.15) is 22.9 Å². The molecule has 2 N–H and O–H groups in total. The van der Waals surface area contributed by atoms with Crippen LogP contribution in [0, 0.1) is 0 Å². The molecule has 0 radical (unpaired) electrons. The topological polar surface area (TPSA) is 57.4 Å². The number of methoxy groups -OCH3 is 1. The van der Waals surface area contributed by atoms with E-state index in [2.05, 4.69) is 63.7 Å². The Bertz CT molecular complexity index is 1220. The molecule has 2 heterocycles. The Kier molecular flexibility index (Phi) is 5.18. The molecular formula is C26H25N3O2. The highest BCUT2D eigenvalue weighted by Crippen LogP contribution is 2.38. The zero-order chi connectivity index (χ0) is 21.2. The van der Waals surface area contributed by atoms with E-state index >= 15 is 0 Å². The van der Waals surface area contributed by atoms with Gasteiger partial charge < -0.3 is 15.0 Å². The lowest BCUT2D eigenvalue weighted by Crippen LogP contribution is -2.41. The van der Waals surface area contributed by atoms with Crippen molar-refractivity contribution in [1.29, 1.82) is 0 Å². The molecule has 4 aromatic rings. The molecule has 1 amide bonds. The summed E-state index contributed by atoms with van der Waals surface area (Å²) < 4.78 is 5.26. The van der Waals surface area contributed by atoms with Crippen molar-refractivity contribution in [2.24, 2.45) is 0 Å². The Balaban J connectivity index is 1.45. The van der Waals surface area contributed by atoms with E-state index in [-0.39, 0.29) is 11.9 Å². The highest BCUT2D eigenvalue weighted by molar-refractivity contribution is 5.92. The average molecular weight is 412 g/mol. The van der Waals surface area contributed by atoms with Gasteiger partial charge in [-0.2, -0.15) is 0 Å². The molecule has 0 spiro atoms. The number of H-pyrrole nitrogens is 1.